The third kappa shape index (κ3) is 8.03. The number of hydrogen-bond acceptors (Lipinski definition) is 4. The standard InChI is InChI=1S/C26H31F6NO3/c1-17(2)19-10-6-12-21(14-19)35-22-13-7-11-20(15-22)33(16-23(34)25(27,28)29)24(36-26(30,31)32)18-8-4-3-5-9-18/h6-7,10-15,17-18,23-24,34H,3-5,8-9,16H2,1-2H3. The van der Waals surface area contributed by atoms with E-state index in [1.807, 2.05) is 26.0 Å². The molecule has 4 nitrogen and oxygen atoms in total. The number of aliphatic hydroxyl groups excluding tert-OH is 1. The minimum Gasteiger partial charge on any atom is -0.457 e. The second-order valence-electron chi connectivity index (χ2n) is 9.39. The summed E-state index contributed by atoms with van der Waals surface area (Å²) in [6, 6.07) is 13.0. The molecule has 1 aliphatic carbocycles. The first kappa shape index (κ1) is 28.1. The summed E-state index contributed by atoms with van der Waals surface area (Å²) >= 11 is 0. The van der Waals surface area contributed by atoms with Crippen molar-refractivity contribution >= 4 is 5.69 Å². The van der Waals surface area contributed by atoms with Crippen molar-refractivity contribution in [3.05, 3.63) is 54.1 Å². The van der Waals surface area contributed by atoms with E-state index >= 15 is 0 Å². The van der Waals surface area contributed by atoms with E-state index in [0.29, 0.717) is 31.4 Å². The molecule has 0 bridgehead atoms. The Morgan fingerprint density at radius 3 is 2.11 bits per heavy atom. The quantitative estimate of drug-likeness (QED) is 0.271. The lowest BCUT2D eigenvalue weighted by atomic mass is 9.87. The molecule has 1 saturated carbocycles. The maximum Gasteiger partial charge on any atom is 0.524 e. The molecule has 0 radical (unpaired) electrons. The molecule has 2 atom stereocenters. The second-order valence-corrected chi connectivity index (χ2v) is 9.39. The molecule has 10 heteroatoms. The van der Waals surface area contributed by atoms with Gasteiger partial charge in [0.2, 0.25) is 0 Å². The minimum atomic E-state index is -5.07. The van der Waals surface area contributed by atoms with E-state index in [9.17, 15) is 31.4 Å². The first-order valence-corrected chi connectivity index (χ1v) is 12.0. The number of hydrogen-bond donors (Lipinski definition) is 1. The van der Waals surface area contributed by atoms with Crippen LogP contribution in [0.2, 0.25) is 0 Å². The van der Waals surface area contributed by atoms with Crippen molar-refractivity contribution in [2.75, 3.05) is 11.4 Å². The first-order valence-electron chi connectivity index (χ1n) is 12.0. The summed E-state index contributed by atoms with van der Waals surface area (Å²) in [6.07, 6.45) is -11.8. The van der Waals surface area contributed by atoms with E-state index in [1.165, 1.54) is 18.2 Å². The van der Waals surface area contributed by atoms with Crippen molar-refractivity contribution in [3.8, 4) is 11.5 Å². The fraction of sp³-hybridized carbons (Fsp3) is 0.538. The van der Waals surface area contributed by atoms with E-state index < -0.39 is 37.3 Å². The van der Waals surface area contributed by atoms with E-state index in [-0.39, 0.29) is 17.4 Å². The molecule has 0 saturated heterocycles. The lowest BCUT2D eigenvalue weighted by Gasteiger charge is -2.41. The Kier molecular flexibility index (Phi) is 9.16. The summed E-state index contributed by atoms with van der Waals surface area (Å²) < 4.78 is 90.4. The van der Waals surface area contributed by atoms with Crippen LogP contribution in [0.4, 0.5) is 32.0 Å². The largest absolute Gasteiger partial charge is 0.524 e. The van der Waals surface area contributed by atoms with Gasteiger partial charge in [-0.1, -0.05) is 51.3 Å². The fourth-order valence-electron chi connectivity index (χ4n) is 4.42. The number of nitrogens with zero attached hydrogens (tertiary/aromatic N) is 1. The van der Waals surface area contributed by atoms with Gasteiger partial charge in [0, 0.05) is 17.7 Å². The fourth-order valence-corrected chi connectivity index (χ4v) is 4.42. The van der Waals surface area contributed by atoms with Crippen LogP contribution in [-0.2, 0) is 4.74 Å². The molecule has 36 heavy (non-hydrogen) atoms. The van der Waals surface area contributed by atoms with Gasteiger partial charge in [-0.3, -0.25) is 4.74 Å². The maximum atomic E-state index is 13.4. The average molecular weight is 520 g/mol. The summed E-state index contributed by atoms with van der Waals surface area (Å²) in [7, 11) is 0. The molecule has 0 spiro atoms. The van der Waals surface area contributed by atoms with Gasteiger partial charge in [0.05, 0.1) is 6.54 Å². The molecule has 0 heterocycles. The number of aliphatic hydroxyl groups is 1. The number of benzene rings is 2. The monoisotopic (exact) mass is 519 g/mol. The zero-order valence-corrected chi connectivity index (χ0v) is 20.1. The van der Waals surface area contributed by atoms with E-state index in [2.05, 4.69) is 4.74 Å². The van der Waals surface area contributed by atoms with Gasteiger partial charge in [-0.2, -0.15) is 13.2 Å². The number of anilines is 1. The van der Waals surface area contributed by atoms with Crippen LogP contribution in [0.25, 0.3) is 0 Å². The number of rotatable bonds is 9. The second kappa shape index (κ2) is 11.7. The molecule has 2 aromatic carbocycles. The highest BCUT2D eigenvalue weighted by Gasteiger charge is 2.45. The molecule has 0 amide bonds. The normalized spacial score (nSPS) is 17.2. The molecular weight excluding hydrogens is 488 g/mol. The third-order valence-electron chi connectivity index (χ3n) is 6.27. The van der Waals surface area contributed by atoms with E-state index in [1.54, 1.807) is 18.2 Å². The topological polar surface area (TPSA) is 41.9 Å². The van der Waals surface area contributed by atoms with Crippen LogP contribution in [0, 0.1) is 5.92 Å². The summed E-state index contributed by atoms with van der Waals surface area (Å²) in [6.45, 7) is 2.90. The van der Waals surface area contributed by atoms with Crippen LogP contribution in [0.5, 0.6) is 11.5 Å². The van der Waals surface area contributed by atoms with Gasteiger partial charge in [0.1, 0.15) is 17.7 Å². The molecule has 2 unspecified atom stereocenters. The summed E-state index contributed by atoms with van der Waals surface area (Å²) in [5.74, 6) is 0.285. The summed E-state index contributed by atoms with van der Waals surface area (Å²) in [4.78, 5) is 0.860. The van der Waals surface area contributed by atoms with Crippen LogP contribution in [-0.4, -0.2) is 36.5 Å². The Hall–Kier alpha value is -2.46. The first-order chi connectivity index (χ1) is 16.8. The Morgan fingerprint density at radius 2 is 1.53 bits per heavy atom. The summed E-state index contributed by atoms with van der Waals surface area (Å²) in [5.41, 5.74) is 1.03. The van der Waals surface area contributed by atoms with Crippen LogP contribution in [0.3, 0.4) is 0 Å². The van der Waals surface area contributed by atoms with Gasteiger partial charge in [-0.05, 0) is 48.6 Å². The molecule has 1 N–H and O–H groups in total. The van der Waals surface area contributed by atoms with Crippen LogP contribution < -0.4 is 9.64 Å². The van der Waals surface area contributed by atoms with Crippen LogP contribution in [0.15, 0.2) is 48.5 Å². The average Bonchev–Trinajstić information content (AvgIpc) is 2.81. The Balaban J connectivity index is 1.98. The Labute approximate surface area is 206 Å². The Morgan fingerprint density at radius 1 is 0.917 bits per heavy atom. The molecule has 0 aromatic heterocycles. The molecular formula is C26H31F6NO3. The van der Waals surface area contributed by atoms with Crippen molar-refractivity contribution < 1.29 is 40.9 Å². The van der Waals surface area contributed by atoms with Crippen LogP contribution >= 0.6 is 0 Å². The predicted molar refractivity (Wildman–Crippen MR) is 124 cm³/mol. The highest BCUT2D eigenvalue weighted by Crippen LogP contribution is 2.38. The predicted octanol–water partition coefficient (Wildman–Crippen LogP) is 7.77. The maximum absolute atomic E-state index is 13.4. The number of halogens is 6. The zero-order valence-electron chi connectivity index (χ0n) is 20.1. The van der Waals surface area contributed by atoms with Gasteiger partial charge in [-0.25, -0.2) is 0 Å². The highest BCUT2D eigenvalue weighted by molar-refractivity contribution is 5.52. The smallest absolute Gasteiger partial charge is 0.457 e. The van der Waals surface area contributed by atoms with Crippen molar-refractivity contribution in [1.29, 1.82) is 0 Å². The van der Waals surface area contributed by atoms with Crippen molar-refractivity contribution in [2.24, 2.45) is 5.92 Å². The van der Waals surface area contributed by atoms with Crippen molar-refractivity contribution in [1.82, 2.24) is 0 Å². The minimum absolute atomic E-state index is 0.0237. The molecule has 3 rings (SSSR count). The molecule has 200 valence electrons. The number of alkyl halides is 6. The highest BCUT2D eigenvalue weighted by atomic mass is 19.4. The molecule has 1 aliphatic rings. The van der Waals surface area contributed by atoms with E-state index in [0.717, 1.165) is 16.9 Å². The lowest BCUT2D eigenvalue weighted by Crippen LogP contribution is -2.51. The SMILES string of the molecule is CC(C)c1cccc(Oc2cccc(N(CC(O)C(F)(F)F)C(OC(F)(F)F)C3CCCCC3)c2)c1. The van der Waals surface area contributed by atoms with Crippen molar-refractivity contribution in [2.45, 2.75) is 76.7 Å². The van der Waals surface area contributed by atoms with Gasteiger partial charge in [-0.15, -0.1) is 13.2 Å². The third-order valence-corrected chi connectivity index (χ3v) is 6.27. The van der Waals surface area contributed by atoms with E-state index in [4.69, 9.17) is 4.74 Å². The van der Waals surface area contributed by atoms with Gasteiger partial charge >= 0.3 is 12.5 Å². The van der Waals surface area contributed by atoms with Crippen LogP contribution in [0.1, 0.15) is 57.4 Å². The molecule has 2 aromatic rings. The lowest BCUT2D eigenvalue weighted by molar-refractivity contribution is -0.349. The Bertz CT molecular complexity index is 973. The van der Waals surface area contributed by atoms with Gasteiger partial charge in [0.15, 0.2) is 6.10 Å². The van der Waals surface area contributed by atoms with Crippen molar-refractivity contribution in [3.63, 3.8) is 0 Å². The van der Waals surface area contributed by atoms with Gasteiger partial charge < -0.3 is 14.7 Å². The number of ether oxygens (including phenoxy) is 2. The molecule has 1 fully saturated rings. The molecule has 0 aliphatic heterocycles. The van der Waals surface area contributed by atoms with Gasteiger partial charge in [0.25, 0.3) is 0 Å². The zero-order chi connectivity index (χ0) is 26.5. The summed E-state index contributed by atoms with van der Waals surface area (Å²) in [5, 5.41) is 9.82.